The predicted octanol–water partition coefficient (Wildman–Crippen LogP) is 3.55. The summed E-state index contributed by atoms with van der Waals surface area (Å²) in [6.07, 6.45) is 5.58. The number of sulfone groups is 1. The van der Waals surface area contributed by atoms with Crippen LogP contribution in [0.5, 0.6) is 0 Å². The van der Waals surface area contributed by atoms with Crippen molar-refractivity contribution in [1.82, 2.24) is 4.57 Å². The molecule has 0 unspecified atom stereocenters. The maximum absolute atomic E-state index is 13.6. The van der Waals surface area contributed by atoms with Gasteiger partial charge in [0.05, 0.1) is 23.6 Å². The minimum Gasteiger partial charge on any atom is -0.343 e. The van der Waals surface area contributed by atoms with Crippen LogP contribution in [0.3, 0.4) is 0 Å². The second-order valence-electron chi connectivity index (χ2n) is 8.73. The molecule has 0 atom stereocenters. The molecule has 1 aliphatic rings. The lowest BCUT2D eigenvalue weighted by Crippen LogP contribution is -2.35. The van der Waals surface area contributed by atoms with E-state index in [2.05, 4.69) is 16.1 Å². The van der Waals surface area contributed by atoms with Gasteiger partial charge in [0.15, 0.2) is 0 Å². The standard InChI is InChI=1S/C25H24FN3O5S/c1-6-25(9-11-35(33,34)12-10-25)14-20(30)23(31)21-15(2)22(29(5)16(21)3)24(32)28-17-7-8-18(26)19(13-17)27-4/h1,7-8,13H,9-12,14H2,2-3,5H3,(H,28,32). The second-order valence-corrected chi connectivity index (χ2v) is 11.0. The van der Waals surface area contributed by atoms with Crippen LogP contribution in [0.4, 0.5) is 15.8 Å². The van der Waals surface area contributed by atoms with Crippen LogP contribution in [0.2, 0.25) is 0 Å². The van der Waals surface area contributed by atoms with Gasteiger partial charge in [-0.05, 0) is 50.5 Å². The van der Waals surface area contributed by atoms with E-state index in [-0.39, 0.29) is 59.0 Å². The molecule has 1 aliphatic heterocycles. The molecule has 182 valence electrons. The number of nitrogens with one attached hydrogen (secondary N) is 1. The number of rotatable bonds is 6. The van der Waals surface area contributed by atoms with Gasteiger partial charge in [0.1, 0.15) is 21.3 Å². The summed E-state index contributed by atoms with van der Waals surface area (Å²) >= 11 is 0. The number of Topliss-reactive ketones (excluding diaryl/α,β-unsaturated/α-hetero) is 2. The van der Waals surface area contributed by atoms with Gasteiger partial charge in [0.25, 0.3) is 5.91 Å². The van der Waals surface area contributed by atoms with Crippen LogP contribution in [0.15, 0.2) is 18.2 Å². The average molecular weight is 498 g/mol. The topological polar surface area (TPSA) is 107 Å². The number of carbonyl (C=O) groups is 3. The van der Waals surface area contributed by atoms with Crippen molar-refractivity contribution >= 4 is 38.7 Å². The fraction of sp³-hybridized carbons (Fsp3) is 0.360. The molecule has 2 aromatic rings. The van der Waals surface area contributed by atoms with Crippen LogP contribution >= 0.6 is 0 Å². The van der Waals surface area contributed by atoms with Gasteiger partial charge >= 0.3 is 0 Å². The van der Waals surface area contributed by atoms with Gasteiger partial charge in [-0.15, -0.1) is 6.42 Å². The lowest BCUT2D eigenvalue weighted by atomic mass is 9.77. The van der Waals surface area contributed by atoms with Gasteiger partial charge in [-0.1, -0.05) is 5.92 Å². The molecular formula is C25H24FN3O5S. The third-order valence-corrected chi connectivity index (χ3v) is 8.19. The summed E-state index contributed by atoms with van der Waals surface area (Å²) in [7, 11) is -1.63. The van der Waals surface area contributed by atoms with E-state index in [9.17, 15) is 27.2 Å². The Kier molecular flexibility index (Phi) is 7.00. The van der Waals surface area contributed by atoms with Gasteiger partial charge in [-0.25, -0.2) is 17.7 Å². The lowest BCUT2D eigenvalue weighted by molar-refractivity contribution is -0.116. The largest absolute Gasteiger partial charge is 0.343 e. The fourth-order valence-electron chi connectivity index (χ4n) is 4.33. The monoisotopic (exact) mass is 497 g/mol. The van der Waals surface area contributed by atoms with Crippen LogP contribution in [0.25, 0.3) is 4.85 Å². The Morgan fingerprint density at radius 2 is 1.89 bits per heavy atom. The first kappa shape index (κ1) is 25.9. The SMILES string of the molecule is [C-]#[N+]c1cc(NC(=O)c2c(C)c(C(=O)C(=O)CC3(C#C)CCS(=O)(=O)CC3)c(C)n2C)ccc1F. The average Bonchev–Trinajstić information content (AvgIpc) is 3.04. The van der Waals surface area contributed by atoms with Crippen molar-refractivity contribution in [3.63, 3.8) is 0 Å². The first-order valence-electron chi connectivity index (χ1n) is 10.7. The summed E-state index contributed by atoms with van der Waals surface area (Å²) < 4.78 is 38.6. The smallest absolute Gasteiger partial charge is 0.272 e. The first-order valence-corrected chi connectivity index (χ1v) is 12.6. The highest BCUT2D eigenvalue weighted by molar-refractivity contribution is 7.91. The van der Waals surface area contributed by atoms with E-state index in [0.717, 1.165) is 6.07 Å². The van der Waals surface area contributed by atoms with Crippen molar-refractivity contribution in [3.05, 3.63) is 57.9 Å². The fourth-order valence-corrected chi connectivity index (χ4v) is 5.94. The number of hydrogen-bond donors (Lipinski definition) is 1. The normalized spacial score (nSPS) is 16.1. The van der Waals surface area contributed by atoms with Crippen molar-refractivity contribution in [2.24, 2.45) is 12.5 Å². The molecule has 0 saturated carbocycles. The van der Waals surface area contributed by atoms with E-state index < -0.39 is 38.5 Å². The van der Waals surface area contributed by atoms with Crippen molar-refractivity contribution in [1.29, 1.82) is 0 Å². The van der Waals surface area contributed by atoms with Crippen molar-refractivity contribution in [3.8, 4) is 12.3 Å². The van der Waals surface area contributed by atoms with Crippen molar-refractivity contribution < 1.29 is 27.2 Å². The molecule has 3 rings (SSSR count). The molecule has 0 spiro atoms. The molecule has 35 heavy (non-hydrogen) atoms. The van der Waals surface area contributed by atoms with Gasteiger partial charge < -0.3 is 9.88 Å². The Morgan fingerprint density at radius 1 is 1.26 bits per heavy atom. The third-order valence-electron chi connectivity index (χ3n) is 6.54. The number of ketones is 2. The molecule has 2 heterocycles. The predicted molar refractivity (Wildman–Crippen MR) is 129 cm³/mol. The zero-order chi connectivity index (χ0) is 26.1. The molecule has 1 saturated heterocycles. The molecule has 1 amide bonds. The molecule has 1 N–H and O–H groups in total. The Bertz CT molecular complexity index is 1430. The molecule has 10 heteroatoms. The number of hydrogen-bond acceptors (Lipinski definition) is 5. The highest BCUT2D eigenvalue weighted by Gasteiger charge is 2.40. The van der Waals surface area contributed by atoms with E-state index >= 15 is 0 Å². The summed E-state index contributed by atoms with van der Waals surface area (Å²) in [5.41, 5.74) is -0.156. The van der Waals surface area contributed by atoms with Crippen LogP contribution < -0.4 is 5.32 Å². The first-order chi connectivity index (χ1) is 16.3. The number of carbonyl (C=O) groups excluding carboxylic acids is 3. The number of nitrogens with zero attached hydrogens (tertiary/aromatic N) is 2. The van der Waals surface area contributed by atoms with E-state index in [4.69, 9.17) is 13.0 Å². The number of halogens is 1. The Morgan fingerprint density at radius 3 is 2.46 bits per heavy atom. The number of anilines is 1. The van der Waals surface area contributed by atoms with Crippen molar-refractivity contribution in [2.45, 2.75) is 33.1 Å². The van der Waals surface area contributed by atoms with Crippen LogP contribution in [0.1, 0.15) is 51.4 Å². The summed E-state index contributed by atoms with van der Waals surface area (Å²) in [5.74, 6) is -0.576. The zero-order valence-electron chi connectivity index (χ0n) is 19.6. The quantitative estimate of drug-likeness (QED) is 0.284. The van der Waals surface area contributed by atoms with E-state index in [1.54, 1.807) is 20.9 Å². The third kappa shape index (κ3) is 5.03. The summed E-state index contributed by atoms with van der Waals surface area (Å²) in [6, 6.07) is 3.58. The maximum Gasteiger partial charge on any atom is 0.272 e. The molecule has 1 aromatic carbocycles. The highest BCUT2D eigenvalue weighted by atomic mass is 32.2. The molecule has 1 aromatic heterocycles. The minimum atomic E-state index is -3.21. The summed E-state index contributed by atoms with van der Waals surface area (Å²) in [4.78, 5) is 42.2. The minimum absolute atomic E-state index is 0.0826. The number of aromatic nitrogens is 1. The molecule has 8 nitrogen and oxygen atoms in total. The molecule has 0 radical (unpaired) electrons. The zero-order valence-corrected chi connectivity index (χ0v) is 20.4. The number of terminal acetylenes is 1. The number of amides is 1. The molecule has 0 aliphatic carbocycles. The van der Waals surface area contributed by atoms with Gasteiger partial charge in [0, 0.05) is 30.3 Å². The van der Waals surface area contributed by atoms with Gasteiger partial charge in [-0.2, -0.15) is 0 Å². The maximum atomic E-state index is 13.6. The van der Waals surface area contributed by atoms with E-state index in [1.807, 2.05) is 0 Å². The Balaban J connectivity index is 1.87. The van der Waals surface area contributed by atoms with Crippen molar-refractivity contribution in [2.75, 3.05) is 16.8 Å². The summed E-state index contributed by atoms with van der Waals surface area (Å²) in [5, 5.41) is 2.59. The number of benzene rings is 1. The van der Waals surface area contributed by atoms with Crippen LogP contribution in [0, 0.1) is 44.0 Å². The summed E-state index contributed by atoms with van der Waals surface area (Å²) in [6.45, 7) is 10.2. The molecular weight excluding hydrogens is 473 g/mol. The molecule has 1 fully saturated rings. The highest BCUT2D eigenvalue weighted by Crippen LogP contribution is 2.36. The van der Waals surface area contributed by atoms with Crippen LogP contribution in [-0.2, 0) is 21.7 Å². The Labute approximate surface area is 203 Å². The van der Waals surface area contributed by atoms with E-state index in [1.165, 1.54) is 16.7 Å². The molecule has 0 bridgehead atoms. The van der Waals surface area contributed by atoms with Crippen LogP contribution in [-0.4, -0.2) is 42.0 Å². The second kappa shape index (κ2) is 9.47. The Hall–Kier alpha value is -3.76. The van der Waals surface area contributed by atoms with E-state index in [0.29, 0.717) is 5.69 Å². The van der Waals surface area contributed by atoms with Gasteiger partial charge in [0.2, 0.25) is 17.3 Å². The lowest BCUT2D eigenvalue weighted by Gasteiger charge is -2.31. The van der Waals surface area contributed by atoms with Gasteiger partial charge in [-0.3, -0.25) is 14.4 Å².